The molecule has 1 aliphatic heterocycles. The van der Waals surface area contributed by atoms with Crippen LogP contribution in [0.2, 0.25) is 0 Å². The van der Waals surface area contributed by atoms with E-state index in [4.69, 9.17) is 4.74 Å². The van der Waals surface area contributed by atoms with Crippen molar-refractivity contribution in [3.8, 4) is 0 Å². The maximum atomic E-state index is 12.1. The largest absolute Gasteiger partial charge is 0.444 e. The Kier molecular flexibility index (Phi) is 5.68. The van der Waals surface area contributed by atoms with Crippen molar-refractivity contribution in [3.63, 3.8) is 0 Å². The first kappa shape index (κ1) is 18.6. The lowest BCUT2D eigenvalue weighted by Gasteiger charge is -2.35. The number of anilines is 1. The molecule has 1 N–H and O–H groups in total. The zero-order valence-corrected chi connectivity index (χ0v) is 17.6. The van der Waals surface area contributed by atoms with Gasteiger partial charge in [0.05, 0.1) is 6.20 Å². The molecule has 8 nitrogen and oxygen atoms in total. The highest BCUT2D eigenvalue weighted by Crippen LogP contribution is 2.19. The number of amides is 1. The van der Waals surface area contributed by atoms with Gasteiger partial charge in [0, 0.05) is 39.3 Å². The summed E-state index contributed by atoms with van der Waals surface area (Å²) in [4.78, 5) is 21.5. The molecule has 0 saturated carbocycles. The van der Waals surface area contributed by atoms with Crippen LogP contribution >= 0.6 is 33.9 Å². The smallest absolute Gasteiger partial charge is 0.410 e. The Morgan fingerprint density at radius 2 is 2.08 bits per heavy atom. The molecule has 10 heteroatoms. The van der Waals surface area contributed by atoms with Crippen molar-refractivity contribution in [2.75, 3.05) is 44.6 Å². The van der Waals surface area contributed by atoms with E-state index in [-0.39, 0.29) is 6.09 Å². The summed E-state index contributed by atoms with van der Waals surface area (Å²) in [6.45, 7) is 10.6. The van der Waals surface area contributed by atoms with Crippen molar-refractivity contribution < 1.29 is 9.53 Å². The molecule has 0 aliphatic carbocycles. The summed E-state index contributed by atoms with van der Waals surface area (Å²) >= 11 is 3.73. The van der Waals surface area contributed by atoms with Gasteiger partial charge in [-0.1, -0.05) is 11.3 Å². The highest BCUT2D eigenvalue weighted by atomic mass is 127. The van der Waals surface area contributed by atoms with Crippen LogP contribution in [0, 0.1) is 3.70 Å². The third-order valence-corrected chi connectivity index (χ3v) is 5.14. The fraction of sp³-hybridized carbons (Fsp3) is 0.667. The van der Waals surface area contributed by atoms with Crippen LogP contribution < -0.4 is 5.32 Å². The van der Waals surface area contributed by atoms with Gasteiger partial charge in [-0.3, -0.25) is 4.90 Å². The first-order valence-corrected chi connectivity index (χ1v) is 10.2. The van der Waals surface area contributed by atoms with Gasteiger partial charge in [-0.15, -0.1) is 5.10 Å². The molecule has 0 radical (unpaired) electrons. The number of hydrogen-bond donors (Lipinski definition) is 1. The molecule has 0 aromatic carbocycles. The zero-order chi connectivity index (χ0) is 18.0. The Balaban J connectivity index is 1.39. The second-order valence-corrected chi connectivity index (χ2v) is 9.00. The average Bonchev–Trinajstić information content (AvgIpc) is 3.03. The van der Waals surface area contributed by atoms with Gasteiger partial charge in [-0.05, 0) is 43.4 Å². The molecule has 3 heterocycles. The van der Waals surface area contributed by atoms with Crippen molar-refractivity contribution in [1.82, 2.24) is 24.4 Å². The Bertz CT molecular complexity index is 701. The molecule has 138 valence electrons. The number of aromatic nitrogens is 3. The molecule has 1 aliphatic rings. The third kappa shape index (κ3) is 5.17. The average molecular weight is 478 g/mol. The maximum Gasteiger partial charge on any atom is 0.410 e. The molecule has 3 rings (SSSR count). The SMILES string of the molecule is CC(C)(C)OC(=O)N1CCN(CCNc2nn3cc(I)nc3s2)CC1. The van der Waals surface area contributed by atoms with Crippen LogP contribution in [0.15, 0.2) is 6.20 Å². The van der Waals surface area contributed by atoms with E-state index in [9.17, 15) is 4.79 Å². The van der Waals surface area contributed by atoms with E-state index in [2.05, 4.69) is 42.9 Å². The zero-order valence-electron chi connectivity index (χ0n) is 14.7. The molecule has 0 spiro atoms. The standard InChI is InChI=1S/C15H23IN6O2S/c1-15(2,3)24-14(23)21-8-6-20(7-9-21)5-4-17-12-19-22-10-11(16)18-13(22)25-12/h10H,4-9H2,1-3H3,(H,17,19). The van der Waals surface area contributed by atoms with Gasteiger partial charge >= 0.3 is 6.09 Å². The summed E-state index contributed by atoms with van der Waals surface area (Å²) in [6.07, 6.45) is 1.69. The number of fused-ring (bicyclic) bond motifs is 1. The van der Waals surface area contributed by atoms with Crippen molar-refractivity contribution in [1.29, 1.82) is 0 Å². The van der Waals surface area contributed by atoms with Crippen LogP contribution in [0.5, 0.6) is 0 Å². The van der Waals surface area contributed by atoms with Crippen molar-refractivity contribution in [3.05, 3.63) is 9.90 Å². The van der Waals surface area contributed by atoms with Gasteiger partial charge in [0.1, 0.15) is 9.30 Å². The number of nitrogens with one attached hydrogen (secondary N) is 1. The summed E-state index contributed by atoms with van der Waals surface area (Å²) in [5, 5.41) is 8.68. The quantitative estimate of drug-likeness (QED) is 0.681. The fourth-order valence-electron chi connectivity index (χ4n) is 2.55. The Morgan fingerprint density at radius 3 is 2.72 bits per heavy atom. The number of ether oxygens (including phenoxy) is 1. The highest BCUT2D eigenvalue weighted by Gasteiger charge is 2.25. The van der Waals surface area contributed by atoms with Crippen molar-refractivity contribution in [2.24, 2.45) is 0 Å². The summed E-state index contributed by atoms with van der Waals surface area (Å²) in [6, 6.07) is 0. The lowest BCUT2D eigenvalue weighted by atomic mass is 10.2. The van der Waals surface area contributed by atoms with E-state index in [1.54, 1.807) is 20.8 Å². The molecule has 0 atom stereocenters. The van der Waals surface area contributed by atoms with Crippen LogP contribution in [0.1, 0.15) is 20.8 Å². The number of hydrogen-bond acceptors (Lipinski definition) is 7. The minimum Gasteiger partial charge on any atom is -0.444 e. The van der Waals surface area contributed by atoms with Gasteiger partial charge in [0.2, 0.25) is 10.1 Å². The number of piperazine rings is 1. The Morgan fingerprint density at radius 1 is 1.36 bits per heavy atom. The van der Waals surface area contributed by atoms with Crippen LogP contribution in [0.3, 0.4) is 0 Å². The van der Waals surface area contributed by atoms with Gasteiger partial charge in [0.15, 0.2) is 0 Å². The van der Waals surface area contributed by atoms with Crippen LogP contribution in [-0.4, -0.2) is 75.4 Å². The van der Waals surface area contributed by atoms with E-state index >= 15 is 0 Å². The third-order valence-electron chi connectivity index (χ3n) is 3.74. The van der Waals surface area contributed by atoms with Gasteiger partial charge in [-0.25, -0.2) is 14.3 Å². The van der Waals surface area contributed by atoms with E-state index in [1.165, 1.54) is 0 Å². The monoisotopic (exact) mass is 478 g/mol. The predicted octanol–water partition coefficient (Wildman–Crippen LogP) is 2.36. The lowest BCUT2D eigenvalue weighted by molar-refractivity contribution is 0.0148. The lowest BCUT2D eigenvalue weighted by Crippen LogP contribution is -2.50. The molecule has 1 saturated heterocycles. The van der Waals surface area contributed by atoms with E-state index in [1.807, 2.05) is 27.0 Å². The number of nitrogens with zero attached hydrogens (tertiary/aromatic N) is 5. The molecule has 2 aromatic rings. The second-order valence-electron chi connectivity index (χ2n) is 6.93. The molecular weight excluding hydrogens is 455 g/mol. The van der Waals surface area contributed by atoms with Crippen LogP contribution in [-0.2, 0) is 4.74 Å². The maximum absolute atomic E-state index is 12.1. The first-order valence-electron chi connectivity index (χ1n) is 8.26. The summed E-state index contributed by atoms with van der Waals surface area (Å²) in [7, 11) is 0. The van der Waals surface area contributed by atoms with Crippen LogP contribution in [0.25, 0.3) is 4.96 Å². The van der Waals surface area contributed by atoms with Crippen molar-refractivity contribution in [2.45, 2.75) is 26.4 Å². The first-order chi connectivity index (χ1) is 11.8. The Labute approximate surface area is 164 Å². The number of halogens is 1. The number of imidazole rings is 1. The summed E-state index contributed by atoms with van der Waals surface area (Å²) < 4.78 is 8.17. The summed E-state index contributed by atoms with van der Waals surface area (Å²) in [5.74, 6) is 0. The Hall–Kier alpha value is -1.14. The molecule has 25 heavy (non-hydrogen) atoms. The van der Waals surface area contributed by atoms with E-state index < -0.39 is 5.60 Å². The minimum absolute atomic E-state index is 0.217. The van der Waals surface area contributed by atoms with E-state index in [0.29, 0.717) is 13.1 Å². The minimum atomic E-state index is -0.441. The predicted molar refractivity (Wildman–Crippen MR) is 106 cm³/mol. The molecule has 0 bridgehead atoms. The van der Waals surface area contributed by atoms with Gasteiger partial charge in [-0.2, -0.15) is 0 Å². The normalized spacial score (nSPS) is 16.4. The molecule has 2 aromatic heterocycles. The number of carbonyl (C=O) groups is 1. The topological polar surface area (TPSA) is 75.0 Å². The molecule has 0 unspecified atom stereocenters. The molecular formula is C15H23IN6O2S. The van der Waals surface area contributed by atoms with Gasteiger partial charge < -0.3 is 15.0 Å². The number of rotatable bonds is 4. The van der Waals surface area contributed by atoms with Crippen molar-refractivity contribution >= 4 is 50.1 Å². The second kappa shape index (κ2) is 7.62. The van der Waals surface area contributed by atoms with Gasteiger partial charge in [0.25, 0.3) is 0 Å². The number of carbonyl (C=O) groups excluding carboxylic acids is 1. The molecule has 1 amide bonds. The van der Waals surface area contributed by atoms with Crippen LogP contribution in [0.4, 0.5) is 9.93 Å². The fourth-order valence-corrected chi connectivity index (χ4v) is 4.01. The van der Waals surface area contributed by atoms with E-state index in [0.717, 1.165) is 40.0 Å². The molecule has 1 fully saturated rings. The highest BCUT2D eigenvalue weighted by molar-refractivity contribution is 14.1. The summed E-state index contributed by atoms with van der Waals surface area (Å²) in [5.41, 5.74) is -0.441.